The van der Waals surface area contributed by atoms with E-state index in [2.05, 4.69) is 4.18 Å². The summed E-state index contributed by atoms with van der Waals surface area (Å²) in [6, 6.07) is 0. The van der Waals surface area contributed by atoms with Crippen LogP contribution >= 0.6 is 0 Å². The quantitative estimate of drug-likeness (QED) is 0.398. The third-order valence-electron chi connectivity index (χ3n) is 2.28. The molecule has 1 unspecified atom stereocenters. The van der Waals surface area contributed by atoms with Crippen LogP contribution in [0, 0.1) is 5.92 Å². The largest absolute Gasteiger partial charge is 0.459 e. The Balaban J connectivity index is 4.51. The lowest BCUT2D eigenvalue weighted by molar-refractivity contribution is -0.870. The predicted molar refractivity (Wildman–Crippen MR) is 69.7 cm³/mol. The molecule has 1 N–H and O–H groups in total. The third kappa shape index (κ3) is 10.9. The van der Waals surface area contributed by atoms with Gasteiger partial charge in [-0.2, -0.15) is 8.42 Å². The molecule has 0 aromatic carbocycles. The molecule has 0 spiro atoms. The number of esters is 1. The van der Waals surface area contributed by atoms with Crippen molar-refractivity contribution in [2.45, 2.75) is 26.4 Å². The average molecular weight is 298 g/mol. The van der Waals surface area contributed by atoms with Crippen molar-refractivity contribution >= 4 is 16.4 Å². The average Bonchev–Trinajstić information content (AvgIpc) is 2.19. The first-order valence-electron chi connectivity index (χ1n) is 6.03. The number of quaternary nitrogens is 1. The SMILES string of the molecule is CC(C)C(=O)OC(CC[N+](C)(C)C)COS(=O)(=O)O. The maximum Gasteiger partial charge on any atom is 0.397 e. The third-order valence-corrected chi connectivity index (χ3v) is 2.71. The molecule has 0 heterocycles. The van der Waals surface area contributed by atoms with Gasteiger partial charge in [0.05, 0.1) is 33.6 Å². The lowest BCUT2D eigenvalue weighted by atomic mass is 10.2. The highest BCUT2D eigenvalue weighted by Gasteiger charge is 2.22. The summed E-state index contributed by atoms with van der Waals surface area (Å²) < 4.78 is 39.7. The molecule has 0 fully saturated rings. The zero-order chi connectivity index (χ0) is 15.3. The van der Waals surface area contributed by atoms with E-state index in [4.69, 9.17) is 9.29 Å². The number of nitrogens with zero attached hydrogens (tertiary/aromatic N) is 1. The highest BCUT2D eigenvalue weighted by molar-refractivity contribution is 7.80. The minimum absolute atomic E-state index is 0.308. The van der Waals surface area contributed by atoms with Crippen molar-refractivity contribution in [2.75, 3.05) is 34.3 Å². The Labute approximate surface area is 115 Å². The lowest BCUT2D eigenvalue weighted by Gasteiger charge is -2.26. The fourth-order valence-corrected chi connectivity index (χ4v) is 1.49. The van der Waals surface area contributed by atoms with E-state index in [9.17, 15) is 13.2 Å². The van der Waals surface area contributed by atoms with Crippen LogP contribution in [0.4, 0.5) is 0 Å². The van der Waals surface area contributed by atoms with E-state index in [1.54, 1.807) is 13.8 Å². The number of carbonyl (C=O) groups is 1. The molecule has 0 aliphatic carbocycles. The van der Waals surface area contributed by atoms with Gasteiger partial charge >= 0.3 is 16.4 Å². The number of ether oxygens (including phenoxy) is 1. The molecule has 114 valence electrons. The normalized spacial score (nSPS) is 14.5. The van der Waals surface area contributed by atoms with E-state index in [1.807, 2.05) is 21.1 Å². The molecule has 0 aromatic rings. The van der Waals surface area contributed by atoms with Crippen molar-refractivity contribution in [2.24, 2.45) is 5.92 Å². The van der Waals surface area contributed by atoms with E-state index in [0.717, 1.165) is 0 Å². The summed E-state index contributed by atoms with van der Waals surface area (Å²) in [5.41, 5.74) is 0. The summed E-state index contributed by atoms with van der Waals surface area (Å²) >= 11 is 0. The molecule has 1 atom stereocenters. The van der Waals surface area contributed by atoms with E-state index in [0.29, 0.717) is 17.4 Å². The van der Waals surface area contributed by atoms with Crippen LogP contribution in [0.2, 0.25) is 0 Å². The standard InChI is InChI=1S/C11H23NO6S/c1-9(2)11(13)18-10(6-7-12(3,4)5)8-17-19(14,15)16/h9-10H,6-8H2,1-5H3/p+1. The second-order valence-electron chi connectivity index (χ2n) is 5.73. The monoisotopic (exact) mass is 298 g/mol. The van der Waals surface area contributed by atoms with Crippen LogP contribution in [0.5, 0.6) is 0 Å². The van der Waals surface area contributed by atoms with Crippen LogP contribution in [0.3, 0.4) is 0 Å². The van der Waals surface area contributed by atoms with Crippen LogP contribution in [0.15, 0.2) is 0 Å². The van der Waals surface area contributed by atoms with Crippen LogP contribution in [0.25, 0.3) is 0 Å². The Morgan fingerprint density at radius 1 is 1.26 bits per heavy atom. The maximum absolute atomic E-state index is 11.5. The summed E-state index contributed by atoms with van der Waals surface area (Å²) in [6.07, 6.45) is -0.258. The second-order valence-corrected chi connectivity index (χ2v) is 6.82. The number of hydrogen-bond acceptors (Lipinski definition) is 5. The van der Waals surface area contributed by atoms with Gasteiger partial charge in [0.15, 0.2) is 0 Å². The molecule has 19 heavy (non-hydrogen) atoms. The number of hydrogen-bond donors (Lipinski definition) is 1. The molecular formula is C11H24NO6S+. The molecule has 8 heteroatoms. The van der Waals surface area contributed by atoms with Gasteiger partial charge < -0.3 is 9.22 Å². The van der Waals surface area contributed by atoms with Crippen LogP contribution in [0.1, 0.15) is 20.3 Å². The summed E-state index contributed by atoms with van der Waals surface area (Å²) in [5.74, 6) is -0.734. The summed E-state index contributed by atoms with van der Waals surface area (Å²) in [5, 5.41) is 0. The van der Waals surface area contributed by atoms with Gasteiger partial charge in [-0.15, -0.1) is 0 Å². The van der Waals surface area contributed by atoms with Crippen molar-refractivity contribution in [1.82, 2.24) is 0 Å². The summed E-state index contributed by atoms with van der Waals surface area (Å²) in [7, 11) is 1.36. The molecule has 0 aliphatic rings. The molecule has 0 rings (SSSR count). The van der Waals surface area contributed by atoms with Gasteiger partial charge in [0, 0.05) is 6.42 Å². The first-order valence-corrected chi connectivity index (χ1v) is 7.40. The molecule has 0 aliphatic heterocycles. The predicted octanol–water partition coefficient (Wildman–Crippen LogP) is 0.470. The van der Waals surface area contributed by atoms with E-state index in [-0.39, 0.29) is 12.5 Å². The fourth-order valence-electron chi connectivity index (χ4n) is 1.17. The fraction of sp³-hybridized carbons (Fsp3) is 0.909. The first kappa shape index (κ1) is 18.3. The smallest absolute Gasteiger partial charge is 0.397 e. The molecule has 0 saturated carbocycles. The molecule has 0 bridgehead atoms. The molecule has 0 radical (unpaired) electrons. The van der Waals surface area contributed by atoms with Gasteiger partial charge in [0.2, 0.25) is 0 Å². The van der Waals surface area contributed by atoms with Gasteiger partial charge in [0.1, 0.15) is 12.7 Å². The van der Waals surface area contributed by atoms with Crippen molar-refractivity contribution in [1.29, 1.82) is 0 Å². The van der Waals surface area contributed by atoms with E-state index in [1.165, 1.54) is 0 Å². The zero-order valence-corrected chi connectivity index (χ0v) is 12.9. The molecule has 0 amide bonds. The first-order chi connectivity index (χ1) is 8.41. The Morgan fingerprint density at radius 2 is 1.79 bits per heavy atom. The summed E-state index contributed by atoms with van der Waals surface area (Å²) in [6.45, 7) is 3.66. The Morgan fingerprint density at radius 3 is 2.16 bits per heavy atom. The Hall–Kier alpha value is -0.700. The molecule has 0 saturated heterocycles. The zero-order valence-electron chi connectivity index (χ0n) is 12.1. The van der Waals surface area contributed by atoms with Gasteiger partial charge in [-0.1, -0.05) is 13.8 Å². The van der Waals surface area contributed by atoms with Crippen molar-refractivity contribution in [3.8, 4) is 0 Å². The second kappa shape index (κ2) is 7.18. The molecule has 0 aromatic heterocycles. The maximum atomic E-state index is 11.5. The number of carbonyl (C=O) groups excluding carboxylic acids is 1. The van der Waals surface area contributed by atoms with Gasteiger partial charge in [-0.25, -0.2) is 4.18 Å². The minimum Gasteiger partial charge on any atom is -0.459 e. The van der Waals surface area contributed by atoms with Crippen molar-refractivity contribution in [3.63, 3.8) is 0 Å². The van der Waals surface area contributed by atoms with E-state index >= 15 is 0 Å². The van der Waals surface area contributed by atoms with Crippen LogP contribution < -0.4 is 0 Å². The molecule has 7 nitrogen and oxygen atoms in total. The number of rotatable bonds is 8. The van der Waals surface area contributed by atoms with Crippen LogP contribution in [-0.4, -0.2) is 63.8 Å². The minimum atomic E-state index is -4.53. The molecular weight excluding hydrogens is 274 g/mol. The Kier molecular flexibility index (Phi) is 6.92. The highest BCUT2D eigenvalue weighted by Crippen LogP contribution is 2.08. The van der Waals surface area contributed by atoms with Gasteiger partial charge in [-0.05, 0) is 0 Å². The lowest BCUT2D eigenvalue weighted by Crippen LogP contribution is -2.39. The topological polar surface area (TPSA) is 89.9 Å². The summed E-state index contributed by atoms with van der Waals surface area (Å²) in [4.78, 5) is 11.5. The van der Waals surface area contributed by atoms with Crippen LogP contribution in [-0.2, 0) is 24.1 Å². The highest BCUT2D eigenvalue weighted by atomic mass is 32.3. The Bertz CT molecular complexity index is 384. The van der Waals surface area contributed by atoms with Gasteiger partial charge in [-0.3, -0.25) is 9.35 Å². The van der Waals surface area contributed by atoms with Crippen molar-refractivity contribution in [3.05, 3.63) is 0 Å². The van der Waals surface area contributed by atoms with Crippen molar-refractivity contribution < 1.29 is 31.2 Å². The van der Waals surface area contributed by atoms with E-state index < -0.39 is 22.5 Å². The van der Waals surface area contributed by atoms with Gasteiger partial charge in [0.25, 0.3) is 0 Å².